The highest BCUT2D eigenvalue weighted by Crippen LogP contribution is 2.49. The monoisotopic (exact) mass is 428 g/mol. The van der Waals surface area contributed by atoms with Crippen LogP contribution in [0.25, 0.3) is 0 Å². The number of hydrogen-bond acceptors (Lipinski definition) is 6. The Balaban J connectivity index is 1.88. The zero-order chi connectivity index (χ0) is 21.7. The first-order valence-corrected chi connectivity index (χ1v) is 10.1. The molecule has 0 bridgehead atoms. The maximum absolute atomic E-state index is 13.3. The molecule has 9 heteroatoms. The van der Waals surface area contributed by atoms with Crippen LogP contribution in [0.4, 0.5) is 0 Å². The Bertz CT molecular complexity index is 1030. The van der Waals surface area contributed by atoms with Crippen molar-refractivity contribution in [3.63, 3.8) is 0 Å². The fraction of sp³-hybridized carbons (Fsp3) is 0.0476. The summed E-state index contributed by atoms with van der Waals surface area (Å²) in [6, 6.07) is 17.1. The van der Waals surface area contributed by atoms with Gasteiger partial charge >= 0.3 is 19.8 Å². The number of carbonyl (C=O) groups is 2. The highest BCUT2D eigenvalue weighted by molar-refractivity contribution is 7.49. The van der Waals surface area contributed by atoms with Gasteiger partial charge in [0.2, 0.25) is 0 Å². The van der Waals surface area contributed by atoms with E-state index in [1.165, 1.54) is 48.5 Å². The van der Waals surface area contributed by atoms with Crippen LogP contribution in [0.15, 0.2) is 72.8 Å². The molecular formula is C21H17O8P. The predicted octanol–water partition coefficient (Wildman–Crippen LogP) is 5.04. The van der Waals surface area contributed by atoms with Gasteiger partial charge in [-0.1, -0.05) is 17.7 Å². The van der Waals surface area contributed by atoms with E-state index in [9.17, 15) is 14.2 Å². The van der Waals surface area contributed by atoms with Crippen molar-refractivity contribution in [2.75, 3.05) is 0 Å². The lowest BCUT2D eigenvalue weighted by atomic mass is 10.2. The molecular weight excluding hydrogens is 411 g/mol. The number of carboxylic acids is 2. The van der Waals surface area contributed by atoms with Gasteiger partial charge in [-0.25, -0.2) is 9.59 Å². The van der Waals surface area contributed by atoms with Crippen molar-refractivity contribution < 1.29 is 37.9 Å². The Morgan fingerprint density at radius 1 is 0.633 bits per heavy atom. The summed E-state index contributed by atoms with van der Waals surface area (Å²) in [6.45, 7) is 1.88. The van der Waals surface area contributed by atoms with Crippen molar-refractivity contribution in [1.29, 1.82) is 0 Å². The first-order chi connectivity index (χ1) is 14.2. The smallest absolute Gasteiger partial charge is 0.478 e. The van der Waals surface area contributed by atoms with Gasteiger partial charge in [0, 0.05) is 0 Å². The highest BCUT2D eigenvalue weighted by atomic mass is 31.2. The quantitative estimate of drug-likeness (QED) is 0.479. The minimum Gasteiger partial charge on any atom is -0.478 e. The fourth-order valence-corrected chi connectivity index (χ4v) is 3.61. The van der Waals surface area contributed by atoms with Crippen LogP contribution < -0.4 is 13.6 Å². The van der Waals surface area contributed by atoms with Crippen LogP contribution >= 0.6 is 7.82 Å². The van der Waals surface area contributed by atoms with E-state index in [1.54, 1.807) is 24.3 Å². The molecule has 2 N–H and O–H groups in total. The third-order valence-electron chi connectivity index (χ3n) is 3.88. The van der Waals surface area contributed by atoms with E-state index in [0.717, 1.165) is 5.56 Å². The lowest BCUT2D eigenvalue weighted by Gasteiger charge is -2.19. The standard InChI is InChI=1S/C21H17O8P/c1-14-2-8-17(9-3-14)27-30(26,28-18-10-4-15(5-11-18)20(22)23)29-19-12-6-16(7-13-19)21(24)25/h2-13H,1H3,(H,22,23)(H,24,25). The van der Waals surface area contributed by atoms with E-state index in [4.69, 9.17) is 23.8 Å². The third-order valence-corrected chi connectivity index (χ3v) is 5.18. The SMILES string of the molecule is Cc1ccc(OP(=O)(Oc2ccc(C(=O)O)cc2)Oc2ccc(C(=O)O)cc2)cc1. The second-order valence-electron chi connectivity index (χ2n) is 6.19. The lowest BCUT2D eigenvalue weighted by molar-refractivity contribution is 0.0686. The lowest BCUT2D eigenvalue weighted by Crippen LogP contribution is -2.08. The molecule has 3 rings (SSSR count). The van der Waals surface area contributed by atoms with E-state index >= 15 is 0 Å². The van der Waals surface area contributed by atoms with E-state index in [-0.39, 0.29) is 28.4 Å². The number of aromatic carboxylic acids is 2. The number of rotatable bonds is 8. The molecule has 0 heterocycles. The first-order valence-electron chi connectivity index (χ1n) is 8.66. The molecule has 8 nitrogen and oxygen atoms in total. The molecule has 3 aromatic carbocycles. The molecule has 0 aliphatic rings. The zero-order valence-electron chi connectivity index (χ0n) is 15.7. The summed E-state index contributed by atoms with van der Waals surface area (Å²) < 4.78 is 29.8. The molecule has 0 aromatic heterocycles. The van der Waals surface area contributed by atoms with Crippen LogP contribution in [0.3, 0.4) is 0 Å². The molecule has 154 valence electrons. The van der Waals surface area contributed by atoms with Gasteiger partial charge in [0.1, 0.15) is 17.2 Å². The Labute approximate surface area is 171 Å². The summed E-state index contributed by atoms with van der Waals surface area (Å²) in [5.41, 5.74) is 1.02. The minimum absolute atomic E-state index is 0.0295. The highest BCUT2D eigenvalue weighted by Gasteiger charge is 2.33. The van der Waals surface area contributed by atoms with Gasteiger partial charge in [-0.15, -0.1) is 0 Å². The molecule has 0 aliphatic carbocycles. The van der Waals surface area contributed by atoms with E-state index in [2.05, 4.69) is 0 Å². The molecule has 0 fully saturated rings. The third kappa shape index (κ3) is 5.40. The number of carboxylic acid groups (broad SMARTS) is 2. The molecule has 0 saturated heterocycles. The minimum atomic E-state index is -4.27. The molecule has 3 aromatic rings. The van der Waals surface area contributed by atoms with E-state index in [1.807, 2.05) is 6.92 Å². The largest absolute Gasteiger partial charge is 0.647 e. The van der Waals surface area contributed by atoms with Crippen molar-refractivity contribution >= 4 is 19.8 Å². The van der Waals surface area contributed by atoms with Gasteiger partial charge < -0.3 is 23.8 Å². The van der Waals surface area contributed by atoms with Crippen LogP contribution in [0.2, 0.25) is 0 Å². The van der Waals surface area contributed by atoms with Crippen LogP contribution in [-0.2, 0) is 4.57 Å². The maximum Gasteiger partial charge on any atom is 0.647 e. The van der Waals surface area contributed by atoms with Crippen LogP contribution in [-0.4, -0.2) is 22.2 Å². The molecule has 0 unspecified atom stereocenters. The molecule has 0 amide bonds. The number of aryl methyl sites for hydroxylation is 1. The van der Waals surface area contributed by atoms with Crippen LogP contribution in [0.1, 0.15) is 26.3 Å². The summed E-state index contributed by atoms with van der Waals surface area (Å²) in [4.78, 5) is 22.0. The number of phosphoric acid groups is 1. The summed E-state index contributed by atoms with van der Waals surface area (Å²) in [7, 11) is -4.27. The normalized spacial score (nSPS) is 10.8. The van der Waals surface area contributed by atoms with Crippen molar-refractivity contribution in [2.24, 2.45) is 0 Å². The average molecular weight is 428 g/mol. The van der Waals surface area contributed by atoms with Gasteiger partial charge in [0.25, 0.3) is 0 Å². The van der Waals surface area contributed by atoms with Crippen molar-refractivity contribution in [2.45, 2.75) is 6.92 Å². The van der Waals surface area contributed by atoms with Gasteiger partial charge in [-0.3, -0.25) is 0 Å². The number of phosphoric ester groups is 1. The van der Waals surface area contributed by atoms with Crippen molar-refractivity contribution in [1.82, 2.24) is 0 Å². The van der Waals surface area contributed by atoms with Crippen molar-refractivity contribution in [3.8, 4) is 17.2 Å². The Hall–Kier alpha value is -3.77. The van der Waals surface area contributed by atoms with E-state index < -0.39 is 19.8 Å². The molecule has 0 spiro atoms. The zero-order valence-corrected chi connectivity index (χ0v) is 16.6. The predicted molar refractivity (Wildman–Crippen MR) is 107 cm³/mol. The van der Waals surface area contributed by atoms with Crippen LogP contribution in [0, 0.1) is 6.92 Å². The first kappa shape index (κ1) is 21.0. The number of benzene rings is 3. The maximum atomic E-state index is 13.3. The van der Waals surface area contributed by atoms with Crippen LogP contribution in [0.5, 0.6) is 17.2 Å². The number of hydrogen-bond donors (Lipinski definition) is 2. The Kier molecular flexibility index (Phi) is 6.09. The van der Waals surface area contributed by atoms with Gasteiger partial charge in [-0.2, -0.15) is 4.57 Å². The summed E-state index contributed by atoms with van der Waals surface area (Å²) in [5, 5.41) is 18.0. The second-order valence-corrected chi connectivity index (χ2v) is 7.64. The average Bonchev–Trinajstić information content (AvgIpc) is 2.70. The van der Waals surface area contributed by atoms with Gasteiger partial charge in [0.15, 0.2) is 0 Å². The fourth-order valence-electron chi connectivity index (χ4n) is 2.36. The Morgan fingerprint density at radius 3 is 1.23 bits per heavy atom. The molecule has 0 atom stereocenters. The summed E-state index contributed by atoms with van der Waals surface area (Å²) in [5.74, 6) is -1.87. The Morgan fingerprint density at radius 2 is 0.933 bits per heavy atom. The molecule has 30 heavy (non-hydrogen) atoms. The molecule has 0 saturated carbocycles. The van der Waals surface area contributed by atoms with E-state index in [0.29, 0.717) is 0 Å². The topological polar surface area (TPSA) is 119 Å². The molecule has 0 aliphatic heterocycles. The van der Waals surface area contributed by atoms with Gasteiger partial charge in [-0.05, 0) is 67.6 Å². The summed E-state index contributed by atoms with van der Waals surface area (Å²) in [6.07, 6.45) is 0. The van der Waals surface area contributed by atoms with Crippen molar-refractivity contribution in [3.05, 3.63) is 89.5 Å². The second kappa shape index (κ2) is 8.71. The van der Waals surface area contributed by atoms with Gasteiger partial charge in [0.05, 0.1) is 11.1 Å². The molecule has 0 radical (unpaired) electrons. The summed E-state index contributed by atoms with van der Waals surface area (Å²) >= 11 is 0.